The summed E-state index contributed by atoms with van der Waals surface area (Å²) in [4.78, 5) is 0. The molecule has 1 rings (SSSR count). The van der Waals surface area contributed by atoms with E-state index in [0.717, 1.165) is 0 Å². The summed E-state index contributed by atoms with van der Waals surface area (Å²) in [5.74, 6) is -9.47. The van der Waals surface area contributed by atoms with Gasteiger partial charge < -0.3 is 0 Å². The predicted octanol–water partition coefficient (Wildman–Crippen LogP) is 3.44. The van der Waals surface area contributed by atoms with Crippen LogP contribution in [0.2, 0.25) is 0 Å². The fourth-order valence-electron chi connectivity index (χ4n) is 0.986. The van der Waals surface area contributed by atoms with Crippen LogP contribution in [0.3, 0.4) is 0 Å². The molecule has 0 aromatic carbocycles. The van der Waals surface area contributed by atoms with Gasteiger partial charge in [0.1, 0.15) is 5.83 Å². The van der Waals surface area contributed by atoms with Gasteiger partial charge in [-0.3, -0.25) is 0 Å². The van der Waals surface area contributed by atoms with E-state index >= 15 is 0 Å². The molecule has 1 aliphatic rings. The first-order valence-electron chi connectivity index (χ1n) is 3.38. The van der Waals surface area contributed by atoms with Crippen molar-refractivity contribution in [3.05, 3.63) is 36.0 Å². The van der Waals surface area contributed by atoms with Gasteiger partial charge in [-0.15, -0.1) is 6.58 Å². The van der Waals surface area contributed by atoms with Gasteiger partial charge in [0, 0.05) is 0 Å². The van der Waals surface area contributed by atoms with Gasteiger partial charge in [0.25, 0.3) is 0 Å². The zero-order valence-corrected chi connectivity index (χ0v) is 6.33. The van der Waals surface area contributed by atoms with Crippen LogP contribution >= 0.6 is 0 Å². The SMILES string of the molecule is C=CC1C(F)=C(F)C(F)=C(F)C1F. The Morgan fingerprint density at radius 3 is 1.92 bits per heavy atom. The van der Waals surface area contributed by atoms with Gasteiger partial charge >= 0.3 is 0 Å². The van der Waals surface area contributed by atoms with E-state index in [2.05, 4.69) is 6.58 Å². The highest BCUT2D eigenvalue weighted by atomic mass is 19.2. The van der Waals surface area contributed by atoms with Gasteiger partial charge in [0.2, 0.25) is 0 Å². The van der Waals surface area contributed by atoms with Gasteiger partial charge in [0.05, 0.1) is 5.92 Å². The Hall–Kier alpha value is -1.13. The lowest BCUT2D eigenvalue weighted by Gasteiger charge is -2.19. The summed E-state index contributed by atoms with van der Waals surface area (Å²) in [6.07, 6.45) is -1.84. The highest BCUT2D eigenvalue weighted by Gasteiger charge is 2.38. The van der Waals surface area contributed by atoms with E-state index in [-0.39, 0.29) is 0 Å². The summed E-state index contributed by atoms with van der Waals surface area (Å²) in [6.45, 7) is 2.99. The Labute approximate surface area is 71.0 Å². The van der Waals surface area contributed by atoms with Gasteiger partial charge in [-0.25, -0.2) is 22.0 Å². The van der Waals surface area contributed by atoms with Gasteiger partial charge in [-0.2, -0.15) is 0 Å². The second-order valence-corrected chi connectivity index (χ2v) is 2.49. The molecule has 0 nitrogen and oxygen atoms in total. The molecule has 0 amide bonds. The summed E-state index contributed by atoms with van der Waals surface area (Å²) >= 11 is 0. The Morgan fingerprint density at radius 2 is 1.46 bits per heavy atom. The van der Waals surface area contributed by atoms with Crippen LogP contribution in [0, 0.1) is 5.92 Å². The number of rotatable bonds is 1. The molecule has 1 aliphatic carbocycles. The van der Waals surface area contributed by atoms with Crippen LogP contribution < -0.4 is 0 Å². The third kappa shape index (κ3) is 1.38. The lowest BCUT2D eigenvalue weighted by Crippen LogP contribution is -2.21. The van der Waals surface area contributed by atoms with E-state index < -0.39 is 35.4 Å². The monoisotopic (exact) mass is 196 g/mol. The summed E-state index contributed by atoms with van der Waals surface area (Å²) < 4.78 is 62.7. The van der Waals surface area contributed by atoms with Crippen molar-refractivity contribution >= 4 is 0 Å². The molecule has 0 aliphatic heterocycles. The molecular weight excluding hydrogens is 191 g/mol. The third-order valence-corrected chi connectivity index (χ3v) is 1.72. The molecule has 2 unspecified atom stereocenters. The molecule has 0 saturated heterocycles. The number of hydrogen-bond donors (Lipinski definition) is 0. The van der Waals surface area contributed by atoms with E-state index in [1.54, 1.807) is 0 Å². The van der Waals surface area contributed by atoms with E-state index in [0.29, 0.717) is 6.08 Å². The molecule has 0 saturated carbocycles. The number of allylic oxidation sites excluding steroid dienone is 5. The highest BCUT2D eigenvalue weighted by Crippen LogP contribution is 2.39. The minimum atomic E-state index is -2.53. The zero-order chi connectivity index (χ0) is 10.2. The first kappa shape index (κ1) is 9.95. The van der Waals surface area contributed by atoms with Crippen molar-refractivity contribution in [1.29, 1.82) is 0 Å². The average molecular weight is 196 g/mol. The lowest BCUT2D eigenvalue weighted by molar-refractivity contribution is 0.233. The number of halogens is 5. The van der Waals surface area contributed by atoms with Crippen molar-refractivity contribution in [2.24, 2.45) is 5.92 Å². The van der Waals surface area contributed by atoms with Crippen LogP contribution in [-0.4, -0.2) is 6.17 Å². The molecule has 0 spiro atoms. The summed E-state index contributed by atoms with van der Waals surface area (Å²) in [5.41, 5.74) is 0. The van der Waals surface area contributed by atoms with Gasteiger partial charge in [-0.1, -0.05) is 6.08 Å². The standard InChI is InChI=1S/C8H5F5/c1-2-3-4(9)6(11)8(13)7(12)5(3)10/h2-4H,1H2. The molecule has 13 heavy (non-hydrogen) atoms. The van der Waals surface area contributed by atoms with Crippen LogP contribution in [0.25, 0.3) is 0 Å². The summed E-state index contributed by atoms with van der Waals surface area (Å²) in [6, 6.07) is 0. The minimum absolute atomic E-state index is 0.686. The molecule has 0 heterocycles. The van der Waals surface area contributed by atoms with Crippen molar-refractivity contribution in [1.82, 2.24) is 0 Å². The van der Waals surface area contributed by atoms with Crippen LogP contribution in [0.5, 0.6) is 0 Å². The van der Waals surface area contributed by atoms with E-state index in [1.165, 1.54) is 0 Å². The quantitative estimate of drug-likeness (QED) is 0.445. The van der Waals surface area contributed by atoms with Gasteiger partial charge in [0.15, 0.2) is 23.7 Å². The normalized spacial score (nSPS) is 29.6. The van der Waals surface area contributed by atoms with Crippen molar-refractivity contribution < 1.29 is 22.0 Å². The molecule has 2 atom stereocenters. The third-order valence-electron chi connectivity index (χ3n) is 1.72. The average Bonchev–Trinajstić information content (AvgIpc) is 2.13. The lowest BCUT2D eigenvalue weighted by atomic mass is 9.95. The van der Waals surface area contributed by atoms with Crippen LogP contribution in [0.4, 0.5) is 22.0 Å². The fourth-order valence-corrected chi connectivity index (χ4v) is 0.986. The predicted molar refractivity (Wildman–Crippen MR) is 37.1 cm³/mol. The first-order valence-corrected chi connectivity index (χ1v) is 3.38. The smallest absolute Gasteiger partial charge is 0.196 e. The minimum Gasteiger partial charge on any atom is -0.238 e. The first-order chi connectivity index (χ1) is 6.00. The van der Waals surface area contributed by atoms with Crippen LogP contribution in [0.15, 0.2) is 36.0 Å². The molecule has 0 radical (unpaired) electrons. The molecule has 0 aromatic rings. The second kappa shape index (κ2) is 3.32. The summed E-state index contributed by atoms with van der Waals surface area (Å²) in [5, 5.41) is 0. The Bertz CT molecular complexity index is 302. The summed E-state index contributed by atoms with van der Waals surface area (Å²) in [7, 11) is 0. The maximum atomic E-state index is 12.7. The van der Waals surface area contributed by atoms with Crippen LogP contribution in [0.1, 0.15) is 0 Å². The van der Waals surface area contributed by atoms with E-state index in [9.17, 15) is 22.0 Å². The Balaban J connectivity index is 3.22. The fraction of sp³-hybridized carbons (Fsp3) is 0.250. The number of hydrogen-bond acceptors (Lipinski definition) is 0. The Morgan fingerprint density at radius 1 is 1.00 bits per heavy atom. The van der Waals surface area contributed by atoms with E-state index in [1.807, 2.05) is 0 Å². The van der Waals surface area contributed by atoms with Crippen molar-refractivity contribution in [2.45, 2.75) is 6.17 Å². The van der Waals surface area contributed by atoms with Gasteiger partial charge in [-0.05, 0) is 0 Å². The zero-order valence-electron chi connectivity index (χ0n) is 6.33. The molecule has 0 aromatic heterocycles. The second-order valence-electron chi connectivity index (χ2n) is 2.49. The van der Waals surface area contributed by atoms with Crippen LogP contribution in [-0.2, 0) is 0 Å². The maximum Gasteiger partial charge on any atom is 0.196 e. The molecule has 72 valence electrons. The molecule has 5 heteroatoms. The van der Waals surface area contributed by atoms with Crippen molar-refractivity contribution in [3.63, 3.8) is 0 Å². The maximum absolute atomic E-state index is 12.7. The van der Waals surface area contributed by atoms with Crippen molar-refractivity contribution in [3.8, 4) is 0 Å². The number of alkyl halides is 1. The Kier molecular flexibility index (Phi) is 2.54. The topological polar surface area (TPSA) is 0 Å². The van der Waals surface area contributed by atoms with E-state index in [4.69, 9.17) is 0 Å². The van der Waals surface area contributed by atoms with Crippen molar-refractivity contribution in [2.75, 3.05) is 0 Å². The molecule has 0 fully saturated rings. The molecule has 0 N–H and O–H groups in total. The molecular formula is C8H5F5. The highest BCUT2D eigenvalue weighted by molar-refractivity contribution is 5.35. The largest absolute Gasteiger partial charge is 0.238 e. The molecule has 0 bridgehead atoms.